The van der Waals surface area contributed by atoms with Crippen LogP contribution in [0.1, 0.15) is 53.4 Å². The molecule has 3 fully saturated rings. The summed E-state index contributed by atoms with van der Waals surface area (Å²) < 4.78 is 5.20. The summed E-state index contributed by atoms with van der Waals surface area (Å²) in [4.78, 5) is 21.5. The first-order chi connectivity index (χ1) is 9.02. The number of ketones is 1. The Hall–Kier alpha value is -1.12. The summed E-state index contributed by atoms with van der Waals surface area (Å²) in [6, 6.07) is 0. The number of carbonyl (C=O) groups excluding carboxylic acids is 2. The van der Waals surface area contributed by atoms with Crippen molar-refractivity contribution in [1.82, 2.24) is 0 Å². The monoisotopic (exact) mass is 266 g/mol. The van der Waals surface area contributed by atoms with Gasteiger partial charge in [-0.2, -0.15) is 0 Å². The summed E-state index contributed by atoms with van der Waals surface area (Å²) in [7, 11) is 0. The second-order valence-electron chi connectivity index (χ2n) is 5.38. The molecule has 3 aliphatic rings. The van der Waals surface area contributed by atoms with E-state index in [1.54, 1.807) is 6.92 Å². The van der Waals surface area contributed by atoms with Gasteiger partial charge in [0.25, 0.3) is 0 Å². The molecule has 3 rings (SSSR count). The van der Waals surface area contributed by atoms with Crippen LogP contribution in [0, 0.1) is 17.8 Å². The van der Waals surface area contributed by atoms with E-state index in [0.717, 1.165) is 18.8 Å². The highest BCUT2D eigenvalue weighted by Gasteiger charge is 2.56. The molecule has 0 aromatic carbocycles. The van der Waals surface area contributed by atoms with Gasteiger partial charge in [-0.25, -0.2) is 0 Å². The fourth-order valence-electron chi connectivity index (χ4n) is 3.23. The predicted octanol–water partition coefficient (Wildman–Crippen LogP) is 3.53. The van der Waals surface area contributed by atoms with Crippen LogP contribution in [0.2, 0.25) is 0 Å². The number of Topliss-reactive ketones (excluding diaryl/α,β-unsaturated/α-hetero) is 1. The van der Waals surface area contributed by atoms with Crippen LogP contribution in [0.4, 0.5) is 0 Å². The Balaban J connectivity index is 0.000000180. The van der Waals surface area contributed by atoms with Gasteiger partial charge in [0.2, 0.25) is 0 Å². The SMILES string of the molecule is C=C(C)C(=O)CC.CC.O=C1OC2CC3CC1C2C3. The minimum atomic E-state index is 0.0926. The molecule has 2 saturated carbocycles. The Morgan fingerprint density at radius 3 is 2.26 bits per heavy atom. The third kappa shape index (κ3) is 3.46. The molecule has 4 atom stereocenters. The number of esters is 1. The molecule has 3 heteroatoms. The number of allylic oxidation sites excluding steroid dienone is 1. The summed E-state index contributed by atoms with van der Waals surface area (Å²) in [5, 5.41) is 0. The minimum absolute atomic E-state index is 0.0926. The topological polar surface area (TPSA) is 43.4 Å². The molecule has 19 heavy (non-hydrogen) atoms. The predicted molar refractivity (Wildman–Crippen MR) is 75.7 cm³/mol. The van der Waals surface area contributed by atoms with E-state index >= 15 is 0 Å². The van der Waals surface area contributed by atoms with Crippen molar-refractivity contribution in [1.29, 1.82) is 0 Å². The zero-order chi connectivity index (χ0) is 14.6. The van der Waals surface area contributed by atoms with E-state index in [1.165, 1.54) is 6.42 Å². The summed E-state index contributed by atoms with van der Waals surface area (Å²) in [6.07, 6.45) is 4.46. The lowest BCUT2D eigenvalue weighted by Gasteiger charge is -2.11. The van der Waals surface area contributed by atoms with Gasteiger partial charge in [0.1, 0.15) is 6.10 Å². The Bertz CT molecular complexity index is 357. The van der Waals surface area contributed by atoms with Crippen LogP contribution in [-0.2, 0) is 14.3 Å². The van der Waals surface area contributed by atoms with E-state index in [2.05, 4.69) is 6.58 Å². The Morgan fingerprint density at radius 1 is 1.32 bits per heavy atom. The molecule has 0 aromatic rings. The van der Waals surface area contributed by atoms with Gasteiger partial charge in [-0.1, -0.05) is 27.4 Å². The van der Waals surface area contributed by atoms with Gasteiger partial charge in [-0.05, 0) is 37.7 Å². The van der Waals surface area contributed by atoms with Crippen LogP contribution in [-0.4, -0.2) is 17.9 Å². The number of carbonyl (C=O) groups is 2. The van der Waals surface area contributed by atoms with Gasteiger partial charge in [-0.15, -0.1) is 0 Å². The van der Waals surface area contributed by atoms with Crippen LogP contribution in [0.5, 0.6) is 0 Å². The summed E-state index contributed by atoms with van der Waals surface area (Å²) in [5.41, 5.74) is 0.655. The van der Waals surface area contributed by atoms with Crippen LogP contribution >= 0.6 is 0 Å². The molecule has 3 nitrogen and oxygen atoms in total. The first-order valence-corrected chi connectivity index (χ1v) is 7.42. The summed E-state index contributed by atoms with van der Waals surface area (Å²) in [6.45, 7) is 11.0. The van der Waals surface area contributed by atoms with Crippen molar-refractivity contribution in [3.8, 4) is 0 Å². The van der Waals surface area contributed by atoms with Crippen molar-refractivity contribution in [2.24, 2.45) is 17.8 Å². The summed E-state index contributed by atoms with van der Waals surface area (Å²) in [5.74, 6) is 2.00. The standard InChI is InChI=1S/C8H10O2.C6H10O.C2H6/c9-8-6-2-4-1-5(6)7(3-4)10-8;1-4-6(7)5(2)3;1-2/h4-7H,1-3H2;2,4H2,1,3H3;1-2H3. The zero-order valence-electron chi connectivity index (χ0n) is 12.6. The number of fused-ring (bicyclic) bond motifs is 1. The molecule has 1 saturated heterocycles. The lowest BCUT2D eigenvalue weighted by molar-refractivity contribution is -0.143. The molecule has 1 aliphatic heterocycles. The van der Waals surface area contributed by atoms with Crippen molar-refractivity contribution in [2.75, 3.05) is 0 Å². The highest BCUT2D eigenvalue weighted by Crippen LogP contribution is 2.54. The molecule has 0 spiro atoms. The molecule has 2 bridgehead atoms. The van der Waals surface area contributed by atoms with Crippen LogP contribution in [0.15, 0.2) is 12.2 Å². The maximum atomic E-state index is 11.1. The van der Waals surface area contributed by atoms with Crippen molar-refractivity contribution < 1.29 is 14.3 Å². The molecule has 0 amide bonds. The Kier molecular flexibility index (Phi) is 5.77. The largest absolute Gasteiger partial charge is 0.462 e. The number of ether oxygens (including phenoxy) is 1. The van der Waals surface area contributed by atoms with Crippen LogP contribution in [0.3, 0.4) is 0 Å². The van der Waals surface area contributed by atoms with Crippen molar-refractivity contribution in [3.05, 3.63) is 12.2 Å². The summed E-state index contributed by atoms with van der Waals surface area (Å²) >= 11 is 0. The molecule has 2 aliphatic carbocycles. The van der Waals surface area contributed by atoms with E-state index < -0.39 is 0 Å². The molecule has 0 N–H and O–H groups in total. The van der Waals surface area contributed by atoms with Gasteiger partial charge in [0, 0.05) is 12.3 Å². The fourth-order valence-corrected chi connectivity index (χ4v) is 3.23. The fraction of sp³-hybridized carbons (Fsp3) is 0.750. The normalized spacial score (nSPS) is 32.7. The van der Waals surface area contributed by atoms with Crippen LogP contribution in [0.25, 0.3) is 0 Å². The molecular formula is C16H26O3. The van der Waals surface area contributed by atoms with Crippen molar-refractivity contribution >= 4 is 11.8 Å². The minimum Gasteiger partial charge on any atom is -0.462 e. The first-order valence-electron chi connectivity index (χ1n) is 7.42. The van der Waals surface area contributed by atoms with E-state index in [-0.39, 0.29) is 11.8 Å². The average molecular weight is 266 g/mol. The molecule has 0 radical (unpaired) electrons. The van der Waals surface area contributed by atoms with Gasteiger partial charge < -0.3 is 4.74 Å². The third-order valence-corrected chi connectivity index (χ3v) is 4.12. The molecular weight excluding hydrogens is 240 g/mol. The first kappa shape index (κ1) is 15.9. The Labute approximate surface area is 116 Å². The smallest absolute Gasteiger partial charge is 0.309 e. The van der Waals surface area contributed by atoms with Gasteiger partial charge >= 0.3 is 5.97 Å². The van der Waals surface area contributed by atoms with Crippen molar-refractivity contribution in [2.45, 2.75) is 59.5 Å². The third-order valence-electron chi connectivity index (χ3n) is 4.12. The second-order valence-corrected chi connectivity index (χ2v) is 5.38. The molecule has 1 heterocycles. The highest BCUT2D eigenvalue weighted by atomic mass is 16.6. The molecule has 0 aromatic heterocycles. The lowest BCUT2D eigenvalue weighted by Crippen LogP contribution is -2.15. The van der Waals surface area contributed by atoms with Gasteiger partial charge in [-0.3, -0.25) is 9.59 Å². The molecule has 108 valence electrons. The number of hydrogen-bond donors (Lipinski definition) is 0. The maximum absolute atomic E-state index is 11.1. The molecule has 4 unspecified atom stereocenters. The lowest BCUT2D eigenvalue weighted by atomic mass is 9.90. The maximum Gasteiger partial charge on any atom is 0.309 e. The number of hydrogen-bond acceptors (Lipinski definition) is 3. The Morgan fingerprint density at radius 2 is 1.95 bits per heavy atom. The van der Waals surface area contributed by atoms with E-state index in [0.29, 0.717) is 29.9 Å². The highest BCUT2D eigenvalue weighted by molar-refractivity contribution is 5.93. The van der Waals surface area contributed by atoms with E-state index in [9.17, 15) is 9.59 Å². The van der Waals surface area contributed by atoms with Gasteiger partial charge in [0.05, 0.1) is 5.92 Å². The van der Waals surface area contributed by atoms with Crippen LogP contribution < -0.4 is 0 Å². The van der Waals surface area contributed by atoms with Crippen molar-refractivity contribution in [3.63, 3.8) is 0 Å². The zero-order valence-corrected chi connectivity index (χ0v) is 12.6. The average Bonchev–Trinajstić information content (AvgIpc) is 3.03. The second kappa shape index (κ2) is 6.88. The van der Waals surface area contributed by atoms with E-state index in [1.807, 2.05) is 20.8 Å². The van der Waals surface area contributed by atoms with E-state index in [4.69, 9.17) is 4.74 Å². The van der Waals surface area contributed by atoms with Gasteiger partial charge in [0.15, 0.2) is 5.78 Å². The number of rotatable bonds is 2. The quantitative estimate of drug-likeness (QED) is 0.567.